The van der Waals surface area contributed by atoms with Gasteiger partial charge < -0.3 is 15.2 Å². The van der Waals surface area contributed by atoms with Crippen molar-refractivity contribution >= 4 is 22.8 Å². The van der Waals surface area contributed by atoms with Gasteiger partial charge in [0, 0.05) is 39.2 Å². The lowest BCUT2D eigenvalue weighted by Crippen LogP contribution is -2.34. The highest BCUT2D eigenvalue weighted by Crippen LogP contribution is 2.23. The predicted octanol–water partition coefficient (Wildman–Crippen LogP) is 2.58. The van der Waals surface area contributed by atoms with Gasteiger partial charge in [-0.05, 0) is 31.0 Å². The second-order valence-corrected chi connectivity index (χ2v) is 6.89. The van der Waals surface area contributed by atoms with Crippen LogP contribution in [-0.4, -0.2) is 24.7 Å². The van der Waals surface area contributed by atoms with E-state index in [-0.39, 0.29) is 17.8 Å². The lowest BCUT2D eigenvalue weighted by molar-refractivity contribution is 0.247. The zero-order valence-electron chi connectivity index (χ0n) is 16.4. The Morgan fingerprint density at radius 2 is 1.85 bits per heavy atom. The quantitative estimate of drug-likeness (QED) is 0.724. The third-order valence-corrected chi connectivity index (χ3v) is 4.92. The number of nitrogens with one attached hydrogen (secondary N) is 2. The molecule has 3 aromatic rings. The fourth-order valence-corrected chi connectivity index (χ4v) is 3.37. The molecule has 2 aromatic heterocycles. The van der Waals surface area contributed by atoms with Crippen LogP contribution in [0.15, 0.2) is 29.3 Å². The Bertz CT molecular complexity index is 1040. The fraction of sp³-hybridized carbons (Fsp3) is 0.421. The molecular formula is C19H26N6O2. The Kier molecular flexibility index (Phi) is 5.07. The van der Waals surface area contributed by atoms with E-state index >= 15 is 0 Å². The Morgan fingerprint density at radius 1 is 1.19 bits per heavy atom. The number of imidazole rings is 2. The minimum atomic E-state index is -0.292. The van der Waals surface area contributed by atoms with Crippen LogP contribution in [0.1, 0.15) is 37.2 Å². The molecule has 0 bridgehead atoms. The molecule has 8 heteroatoms. The largest absolute Gasteiger partial charge is 0.336 e. The number of benzene rings is 1. The number of hydrogen-bond donors (Lipinski definition) is 2. The number of amides is 2. The first-order valence-corrected chi connectivity index (χ1v) is 9.04. The second-order valence-electron chi connectivity index (χ2n) is 6.89. The Hall–Kier alpha value is -3.03. The molecule has 0 saturated heterocycles. The number of aromatic nitrogens is 4. The maximum absolute atomic E-state index is 12.6. The van der Waals surface area contributed by atoms with E-state index in [2.05, 4.69) is 22.5 Å². The number of hydrogen-bond acceptors (Lipinski definition) is 3. The van der Waals surface area contributed by atoms with Crippen LogP contribution in [0.25, 0.3) is 11.0 Å². The van der Waals surface area contributed by atoms with Gasteiger partial charge in [-0.2, -0.15) is 0 Å². The second kappa shape index (κ2) is 7.30. The van der Waals surface area contributed by atoms with Crippen LogP contribution in [-0.2, 0) is 21.1 Å². The van der Waals surface area contributed by atoms with Gasteiger partial charge in [0.05, 0.1) is 17.1 Å². The molecule has 0 aliphatic carbocycles. The highest BCUT2D eigenvalue weighted by Gasteiger charge is 2.19. The van der Waals surface area contributed by atoms with Crippen LogP contribution in [0, 0.1) is 6.92 Å². The van der Waals surface area contributed by atoms with E-state index in [1.807, 2.05) is 36.9 Å². The van der Waals surface area contributed by atoms with E-state index in [0.717, 1.165) is 35.3 Å². The number of nitrogens with zero attached hydrogens (tertiary/aromatic N) is 4. The monoisotopic (exact) mass is 370 g/mol. The third kappa shape index (κ3) is 3.47. The van der Waals surface area contributed by atoms with Crippen molar-refractivity contribution < 1.29 is 4.79 Å². The highest BCUT2D eigenvalue weighted by molar-refractivity contribution is 5.93. The highest BCUT2D eigenvalue weighted by atomic mass is 16.2. The van der Waals surface area contributed by atoms with Crippen molar-refractivity contribution in [3.05, 3.63) is 46.4 Å². The van der Waals surface area contributed by atoms with E-state index in [4.69, 9.17) is 0 Å². The first-order valence-electron chi connectivity index (χ1n) is 9.04. The minimum Gasteiger partial charge on any atom is -0.336 e. The van der Waals surface area contributed by atoms with Gasteiger partial charge in [0.15, 0.2) is 0 Å². The molecule has 8 nitrogen and oxygen atoms in total. The SMILES string of the molecule is CCC[C@H](NC(=O)Nc1cc2c(cc1C)n(C)c(=O)n2C)c1nccn1C. The van der Waals surface area contributed by atoms with E-state index in [1.165, 1.54) is 0 Å². The van der Waals surface area contributed by atoms with Gasteiger partial charge in [-0.15, -0.1) is 0 Å². The van der Waals surface area contributed by atoms with Crippen LogP contribution < -0.4 is 16.3 Å². The third-order valence-electron chi connectivity index (χ3n) is 4.92. The van der Waals surface area contributed by atoms with Gasteiger partial charge in [0.25, 0.3) is 0 Å². The Morgan fingerprint density at radius 3 is 2.44 bits per heavy atom. The summed E-state index contributed by atoms with van der Waals surface area (Å²) in [6.45, 7) is 3.98. The predicted molar refractivity (Wildman–Crippen MR) is 106 cm³/mol. The molecule has 1 aromatic carbocycles. The standard InChI is InChI=1S/C19H26N6O2/c1-6-7-13(17-20-8-9-23(17)3)21-18(26)22-14-11-16-15(10-12(14)2)24(4)19(27)25(16)5/h8-11,13H,6-7H2,1-5H3,(H2,21,22,26)/t13-/m0/s1. The molecule has 27 heavy (non-hydrogen) atoms. The molecule has 0 saturated carbocycles. The molecule has 0 spiro atoms. The molecule has 2 heterocycles. The van der Waals surface area contributed by atoms with Crippen LogP contribution in [0.4, 0.5) is 10.5 Å². The molecule has 0 fully saturated rings. The molecule has 144 valence electrons. The van der Waals surface area contributed by atoms with Crippen molar-refractivity contribution in [3.8, 4) is 0 Å². The van der Waals surface area contributed by atoms with Gasteiger partial charge in [0.2, 0.25) is 0 Å². The maximum Gasteiger partial charge on any atom is 0.328 e. The summed E-state index contributed by atoms with van der Waals surface area (Å²) in [6, 6.07) is 3.29. The van der Waals surface area contributed by atoms with Crippen molar-refractivity contribution in [2.24, 2.45) is 21.1 Å². The summed E-state index contributed by atoms with van der Waals surface area (Å²) >= 11 is 0. The summed E-state index contributed by atoms with van der Waals surface area (Å²) in [5.74, 6) is 0.824. The average molecular weight is 370 g/mol. The molecule has 0 aliphatic rings. The molecule has 2 N–H and O–H groups in total. The van der Waals surface area contributed by atoms with E-state index in [0.29, 0.717) is 5.69 Å². The first-order chi connectivity index (χ1) is 12.8. The van der Waals surface area contributed by atoms with Gasteiger partial charge in [-0.25, -0.2) is 14.6 Å². The molecule has 0 aliphatic heterocycles. The number of rotatable bonds is 5. The van der Waals surface area contributed by atoms with Gasteiger partial charge in [-0.3, -0.25) is 9.13 Å². The summed E-state index contributed by atoms with van der Waals surface area (Å²) in [5, 5.41) is 5.93. The smallest absolute Gasteiger partial charge is 0.328 e. The maximum atomic E-state index is 12.6. The van der Waals surface area contributed by atoms with Crippen LogP contribution in [0.5, 0.6) is 0 Å². The number of aryl methyl sites for hydroxylation is 4. The summed E-state index contributed by atoms with van der Waals surface area (Å²) in [7, 11) is 5.38. The lowest BCUT2D eigenvalue weighted by atomic mass is 10.1. The van der Waals surface area contributed by atoms with Crippen molar-refractivity contribution in [2.45, 2.75) is 32.7 Å². The zero-order valence-corrected chi connectivity index (χ0v) is 16.4. The van der Waals surface area contributed by atoms with Crippen molar-refractivity contribution in [3.63, 3.8) is 0 Å². The summed E-state index contributed by atoms with van der Waals surface area (Å²) in [5.41, 5.74) is 3.09. The van der Waals surface area contributed by atoms with E-state index in [1.54, 1.807) is 29.4 Å². The Balaban J connectivity index is 1.85. The first kappa shape index (κ1) is 18.8. The van der Waals surface area contributed by atoms with Crippen molar-refractivity contribution in [1.82, 2.24) is 24.0 Å². The van der Waals surface area contributed by atoms with E-state index in [9.17, 15) is 9.59 Å². The molecule has 1 atom stereocenters. The van der Waals surface area contributed by atoms with Gasteiger partial charge >= 0.3 is 11.7 Å². The molecule has 2 amide bonds. The van der Waals surface area contributed by atoms with Crippen molar-refractivity contribution in [1.29, 1.82) is 0 Å². The Labute approximate surface area is 157 Å². The van der Waals surface area contributed by atoms with Crippen LogP contribution in [0.2, 0.25) is 0 Å². The summed E-state index contributed by atoms with van der Waals surface area (Å²) in [6.07, 6.45) is 5.32. The zero-order chi connectivity index (χ0) is 19.7. The van der Waals surface area contributed by atoms with Gasteiger partial charge in [0.1, 0.15) is 5.82 Å². The van der Waals surface area contributed by atoms with Gasteiger partial charge in [-0.1, -0.05) is 13.3 Å². The molecule has 3 rings (SSSR count). The summed E-state index contributed by atoms with van der Waals surface area (Å²) < 4.78 is 5.09. The van der Waals surface area contributed by atoms with E-state index < -0.39 is 0 Å². The number of anilines is 1. The number of carbonyl (C=O) groups is 1. The van der Waals surface area contributed by atoms with Crippen LogP contribution >= 0.6 is 0 Å². The summed E-state index contributed by atoms with van der Waals surface area (Å²) in [4.78, 5) is 29.1. The number of urea groups is 1. The normalized spacial score (nSPS) is 12.3. The topological polar surface area (TPSA) is 85.9 Å². The lowest BCUT2D eigenvalue weighted by Gasteiger charge is -2.19. The number of fused-ring (bicyclic) bond motifs is 1. The van der Waals surface area contributed by atoms with Crippen LogP contribution in [0.3, 0.4) is 0 Å². The minimum absolute atomic E-state index is 0.0937. The fourth-order valence-electron chi connectivity index (χ4n) is 3.37. The van der Waals surface area contributed by atoms with Crippen molar-refractivity contribution in [2.75, 3.05) is 5.32 Å². The number of carbonyl (C=O) groups excluding carboxylic acids is 1. The molecule has 0 unspecified atom stereocenters. The molecule has 0 radical (unpaired) electrons. The molecular weight excluding hydrogens is 344 g/mol. The average Bonchev–Trinajstić information content (AvgIpc) is 3.13.